The van der Waals surface area contributed by atoms with Crippen molar-refractivity contribution in [2.24, 2.45) is 0 Å². The lowest BCUT2D eigenvalue weighted by Gasteiger charge is -2.26. The Hall–Kier alpha value is -2.52. The molecule has 1 aromatic heterocycles. The average molecular weight is 414 g/mol. The zero-order chi connectivity index (χ0) is 20.2. The summed E-state index contributed by atoms with van der Waals surface area (Å²) in [7, 11) is -3.62. The van der Waals surface area contributed by atoms with E-state index in [1.807, 2.05) is 13.0 Å². The molecule has 9 heteroatoms. The van der Waals surface area contributed by atoms with Gasteiger partial charge in [-0.25, -0.2) is 8.42 Å². The molecule has 29 heavy (non-hydrogen) atoms. The fraction of sp³-hybridized carbons (Fsp3) is 0.450. The third kappa shape index (κ3) is 3.18. The van der Waals surface area contributed by atoms with Crippen LogP contribution in [0.15, 0.2) is 29.2 Å². The summed E-state index contributed by atoms with van der Waals surface area (Å²) in [6.45, 7) is 3.18. The molecule has 1 atom stereocenters. The molecule has 0 aliphatic carbocycles. The van der Waals surface area contributed by atoms with Crippen LogP contribution in [0.2, 0.25) is 0 Å². The van der Waals surface area contributed by atoms with E-state index in [1.54, 1.807) is 23.1 Å². The van der Waals surface area contributed by atoms with Crippen molar-refractivity contribution >= 4 is 21.6 Å². The summed E-state index contributed by atoms with van der Waals surface area (Å²) in [5.74, 6) is 0.539. The van der Waals surface area contributed by atoms with Gasteiger partial charge in [0.25, 0.3) is 0 Å². The first-order chi connectivity index (χ1) is 13.9. The molecule has 8 nitrogen and oxygen atoms in total. The zero-order valence-electron chi connectivity index (χ0n) is 16.2. The van der Waals surface area contributed by atoms with Crippen molar-refractivity contribution in [2.45, 2.75) is 43.6 Å². The fourth-order valence-electron chi connectivity index (χ4n) is 4.36. The normalized spacial score (nSPS) is 21.5. The lowest BCUT2D eigenvalue weighted by atomic mass is 10.00. The van der Waals surface area contributed by atoms with E-state index in [0.29, 0.717) is 49.5 Å². The molecular formula is C20H22N4O4S. The van der Waals surface area contributed by atoms with Gasteiger partial charge in [0.2, 0.25) is 21.8 Å². The third-order valence-electron chi connectivity index (χ3n) is 5.83. The maximum atomic E-state index is 13.3. The van der Waals surface area contributed by atoms with Crippen molar-refractivity contribution in [2.75, 3.05) is 24.5 Å². The van der Waals surface area contributed by atoms with E-state index in [1.165, 1.54) is 4.31 Å². The number of anilines is 1. The summed E-state index contributed by atoms with van der Waals surface area (Å²) in [4.78, 5) is 14.2. The van der Waals surface area contributed by atoms with E-state index in [-0.39, 0.29) is 18.6 Å². The first-order valence-electron chi connectivity index (χ1n) is 9.85. The number of amides is 1. The van der Waals surface area contributed by atoms with Crippen LogP contribution in [-0.2, 0) is 27.7 Å². The van der Waals surface area contributed by atoms with E-state index in [0.717, 1.165) is 22.5 Å². The van der Waals surface area contributed by atoms with E-state index >= 15 is 0 Å². The van der Waals surface area contributed by atoms with Crippen molar-refractivity contribution in [3.8, 4) is 5.88 Å². The third-order valence-corrected chi connectivity index (χ3v) is 7.67. The monoisotopic (exact) mass is 414 g/mol. The summed E-state index contributed by atoms with van der Waals surface area (Å²) >= 11 is 0. The van der Waals surface area contributed by atoms with Crippen LogP contribution in [-0.4, -0.2) is 54.6 Å². The highest BCUT2D eigenvalue weighted by Gasteiger charge is 2.37. The largest absolute Gasteiger partial charge is 0.472 e. The quantitative estimate of drug-likeness (QED) is 0.752. The molecular weight excluding hydrogens is 392 g/mol. The summed E-state index contributed by atoms with van der Waals surface area (Å²) in [6.07, 6.45) is 2.10. The lowest BCUT2D eigenvalue weighted by molar-refractivity contribution is -0.118. The predicted octanol–water partition coefficient (Wildman–Crippen LogP) is 1.46. The van der Waals surface area contributed by atoms with Gasteiger partial charge < -0.3 is 9.64 Å². The Kier molecular flexibility index (Phi) is 4.32. The van der Waals surface area contributed by atoms with E-state index < -0.39 is 10.0 Å². The second kappa shape index (κ2) is 6.77. The summed E-state index contributed by atoms with van der Waals surface area (Å²) < 4.78 is 33.8. The van der Waals surface area contributed by atoms with Gasteiger partial charge in [-0.1, -0.05) is 0 Å². The Morgan fingerprint density at radius 1 is 1.07 bits per heavy atom. The Morgan fingerprint density at radius 3 is 2.62 bits per heavy atom. The Morgan fingerprint density at radius 2 is 1.86 bits per heavy atom. The number of aromatic nitrogens is 2. The number of carbonyl (C=O) groups excluding carboxylic acids is 1. The fourth-order valence-corrected chi connectivity index (χ4v) is 5.95. The summed E-state index contributed by atoms with van der Waals surface area (Å²) in [6, 6.07) is 7.05. The highest BCUT2D eigenvalue weighted by Crippen LogP contribution is 2.39. The highest BCUT2D eigenvalue weighted by atomic mass is 32.2. The van der Waals surface area contributed by atoms with Crippen LogP contribution in [0, 0.1) is 6.92 Å². The summed E-state index contributed by atoms with van der Waals surface area (Å²) in [5, 5.41) is 7.97. The molecule has 1 amide bonds. The van der Waals surface area contributed by atoms with Gasteiger partial charge in [0.05, 0.1) is 22.8 Å². The number of aryl methyl sites for hydroxylation is 2. The molecule has 0 saturated carbocycles. The zero-order valence-corrected chi connectivity index (χ0v) is 17.0. The van der Waals surface area contributed by atoms with Crippen LogP contribution in [0.25, 0.3) is 0 Å². The van der Waals surface area contributed by atoms with Gasteiger partial charge in [0, 0.05) is 25.6 Å². The minimum atomic E-state index is -3.62. The number of sulfonamides is 1. The van der Waals surface area contributed by atoms with Crippen LogP contribution in [0.5, 0.6) is 5.88 Å². The van der Waals surface area contributed by atoms with E-state index in [9.17, 15) is 13.2 Å². The number of hydrogen-bond acceptors (Lipinski definition) is 6. The molecule has 5 rings (SSSR count). The number of rotatable bonds is 4. The average Bonchev–Trinajstić information content (AvgIpc) is 3.35. The van der Waals surface area contributed by atoms with Crippen molar-refractivity contribution in [3.05, 3.63) is 41.1 Å². The molecule has 152 valence electrons. The number of nitrogens with zero attached hydrogens (tertiary/aromatic N) is 4. The Labute approximate surface area is 169 Å². The topological polar surface area (TPSA) is 92.7 Å². The number of hydrogen-bond donors (Lipinski definition) is 0. The van der Waals surface area contributed by atoms with Crippen LogP contribution < -0.4 is 9.64 Å². The maximum absolute atomic E-state index is 13.3. The SMILES string of the molecule is Cc1ccc(OC2CCN(S(=O)(=O)c3cc4c5c(c3)CCN5C(=O)CC4)C2)nn1. The van der Waals surface area contributed by atoms with Crippen LogP contribution in [0.3, 0.4) is 0 Å². The van der Waals surface area contributed by atoms with Gasteiger partial charge >= 0.3 is 0 Å². The van der Waals surface area contributed by atoms with E-state index in [2.05, 4.69) is 10.2 Å². The minimum Gasteiger partial charge on any atom is -0.472 e. The van der Waals surface area contributed by atoms with Crippen molar-refractivity contribution in [3.63, 3.8) is 0 Å². The van der Waals surface area contributed by atoms with E-state index in [4.69, 9.17) is 4.74 Å². The maximum Gasteiger partial charge on any atom is 0.243 e. The lowest BCUT2D eigenvalue weighted by Crippen LogP contribution is -2.33. The summed E-state index contributed by atoms with van der Waals surface area (Å²) in [5.41, 5.74) is 3.64. The van der Waals surface area contributed by atoms with Crippen LogP contribution in [0.1, 0.15) is 29.7 Å². The molecule has 0 spiro atoms. The number of benzene rings is 1. The van der Waals surface area contributed by atoms with Crippen LogP contribution in [0.4, 0.5) is 5.69 Å². The van der Waals surface area contributed by atoms with Gasteiger partial charge in [-0.2, -0.15) is 9.40 Å². The van der Waals surface area contributed by atoms with Gasteiger partial charge in [0.1, 0.15) is 6.10 Å². The molecule has 1 unspecified atom stereocenters. The predicted molar refractivity (Wildman–Crippen MR) is 105 cm³/mol. The van der Waals surface area contributed by atoms with Gasteiger partial charge in [-0.05, 0) is 55.5 Å². The van der Waals surface area contributed by atoms with Gasteiger partial charge in [-0.15, -0.1) is 5.10 Å². The molecule has 1 saturated heterocycles. The molecule has 1 fully saturated rings. The molecule has 2 aromatic rings. The Balaban J connectivity index is 1.37. The second-order valence-corrected chi connectivity index (χ2v) is 9.73. The van der Waals surface area contributed by atoms with Crippen molar-refractivity contribution in [1.29, 1.82) is 0 Å². The standard InChI is InChI=1S/C20H22N4O4S/c1-13-2-4-18(22-21-13)28-16-7-8-23(12-16)29(26,27)17-10-14-3-5-19(25)24-9-6-15(11-17)20(14)24/h2,4,10-11,16H,3,5-9,12H2,1H3. The molecule has 0 radical (unpaired) electrons. The highest BCUT2D eigenvalue weighted by molar-refractivity contribution is 7.89. The first-order valence-corrected chi connectivity index (χ1v) is 11.3. The van der Waals surface area contributed by atoms with Crippen molar-refractivity contribution < 1.29 is 17.9 Å². The smallest absolute Gasteiger partial charge is 0.243 e. The first kappa shape index (κ1) is 18.5. The van der Waals surface area contributed by atoms with Crippen molar-refractivity contribution in [1.82, 2.24) is 14.5 Å². The molecule has 1 aromatic carbocycles. The number of ether oxygens (including phenoxy) is 1. The van der Waals surface area contributed by atoms with Gasteiger partial charge in [-0.3, -0.25) is 4.79 Å². The molecule has 0 N–H and O–H groups in total. The van der Waals surface area contributed by atoms with Crippen LogP contribution >= 0.6 is 0 Å². The molecule has 3 aliphatic rings. The van der Waals surface area contributed by atoms with Gasteiger partial charge in [0.15, 0.2) is 0 Å². The number of carbonyl (C=O) groups is 1. The molecule has 0 bridgehead atoms. The molecule has 4 heterocycles. The molecule has 3 aliphatic heterocycles. The second-order valence-electron chi connectivity index (χ2n) is 7.79. The Bertz CT molecular complexity index is 1080. The minimum absolute atomic E-state index is 0.130.